The molecule has 2 rings (SSSR count). The second-order valence-corrected chi connectivity index (χ2v) is 8.73. The number of hydrogen-bond acceptors (Lipinski definition) is 6. The van der Waals surface area contributed by atoms with Crippen LogP contribution in [0.5, 0.6) is 0 Å². The highest BCUT2D eigenvalue weighted by atomic mass is 32.2. The first-order valence-corrected chi connectivity index (χ1v) is 9.26. The van der Waals surface area contributed by atoms with Crippen molar-refractivity contribution < 1.29 is 17.9 Å². The van der Waals surface area contributed by atoms with Gasteiger partial charge < -0.3 is 4.74 Å². The summed E-state index contributed by atoms with van der Waals surface area (Å²) in [7, 11) is -3.69. The summed E-state index contributed by atoms with van der Waals surface area (Å²) in [5.74, 6) is -0.235. The van der Waals surface area contributed by atoms with Crippen molar-refractivity contribution in [1.29, 1.82) is 0 Å². The molecule has 1 aliphatic rings. The van der Waals surface area contributed by atoms with Gasteiger partial charge in [0.15, 0.2) is 0 Å². The number of aryl methyl sites for hydroxylation is 1. The van der Waals surface area contributed by atoms with Crippen molar-refractivity contribution in [3.63, 3.8) is 0 Å². The first-order chi connectivity index (χ1) is 9.79. The lowest BCUT2D eigenvalue weighted by molar-refractivity contribution is 0.0983. The van der Waals surface area contributed by atoms with Crippen LogP contribution in [0.2, 0.25) is 0 Å². The number of carbonyl (C=O) groups excluding carboxylic acids is 1. The van der Waals surface area contributed by atoms with Gasteiger partial charge in [-0.1, -0.05) is 13.8 Å². The summed E-state index contributed by atoms with van der Waals surface area (Å²) >= 11 is 1.23. The highest BCUT2D eigenvalue weighted by Crippen LogP contribution is 2.22. The van der Waals surface area contributed by atoms with Crippen LogP contribution >= 0.6 is 11.3 Å². The van der Waals surface area contributed by atoms with Gasteiger partial charge in [-0.3, -0.25) is 4.79 Å². The van der Waals surface area contributed by atoms with Crippen LogP contribution in [-0.4, -0.2) is 37.8 Å². The molecular formula is C13H20N2O4S2. The first kappa shape index (κ1) is 16.4. The quantitative estimate of drug-likeness (QED) is 0.883. The molecule has 1 unspecified atom stereocenters. The van der Waals surface area contributed by atoms with Crippen LogP contribution in [-0.2, 0) is 21.2 Å². The maximum atomic E-state index is 12.3. The number of hydrogen-bond donors (Lipinski definition) is 1. The van der Waals surface area contributed by atoms with Crippen molar-refractivity contribution >= 4 is 27.3 Å². The van der Waals surface area contributed by atoms with E-state index in [0.717, 1.165) is 5.01 Å². The second-order valence-electron chi connectivity index (χ2n) is 5.57. The molecule has 1 atom stereocenters. The van der Waals surface area contributed by atoms with Gasteiger partial charge in [0.05, 0.1) is 17.3 Å². The average molecular weight is 332 g/mol. The number of rotatable bonds is 5. The Morgan fingerprint density at radius 2 is 2.24 bits per heavy atom. The third-order valence-corrected chi connectivity index (χ3v) is 5.91. The molecule has 1 aromatic rings. The number of ether oxygens (including phenoxy) is 1. The van der Waals surface area contributed by atoms with Crippen LogP contribution in [0, 0.1) is 12.8 Å². The standard InChI is InChI=1S/C13H20N2O4S2/c1-8(2)6-11-12(20-9(3)14-11)13(16)15-21(17,18)10-4-5-19-7-10/h8,10H,4-7H2,1-3H3,(H,15,16). The van der Waals surface area contributed by atoms with Gasteiger partial charge in [0, 0.05) is 6.61 Å². The van der Waals surface area contributed by atoms with Gasteiger partial charge in [-0.2, -0.15) is 0 Å². The minimum atomic E-state index is -3.69. The predicted molar refractivity (Wildman–Crippen MR) is 81.0 cm³/mol. The summed E-state index contributed by atoms with van der Waals surface area (Å²) in [6, 6.07) is 0. The van der Waals surface area contributed by atoms with Gasteiger partial charge >= 0.3 is 0 Å². The van der Waals surface area contributed by atoms with Crippen molar-refractivity contribution in [2.24, 2.45) is 5.92 Å². The SMILES string of the molecule is Cc1nc(CC(C)C)c(C(=O)NS(=O)(=O)C2CCOC2)s1. The Morgan fingerprint density at radius 3 is 2.81 bits per heavy atom. The minimum Gasteiger partial charge on any atom is -0.380 e. The Morgan fingerprint density at radius 1 is 1.52 bits per heavy atom. The van der Waals surface area contributed by atoms with E-state index in [1.807, 2.05) is 20.8 Å². The fraction of sp³-hybridized carbons (Fsp3) is 0.692. The van der Waals surface area contributed by atoms with Crippen molar-refractivity contribution in [3.8, 4) is 0 Å². The Kier molecular flexibility index (Phi) is 5.00. The van der Waals surface area contributed by atoms with Crippen LogP contribution in [0.25, 0.3) is 0 Å². The number of carbonyl (C=O) groups is 1. The lowest BCUT2D eigenvalue weighted by atomic mass is 10.1. The van der Waals surface area contributed by atoms with Crippen molar-refractivity contribution in [2.75, 3.05) is 13.2 Å². The maximum absolute atomic E-state index is 12.3. The summed E-state index contributed by atoms with van der Waals surface area (Å²) in [5, 5.41) is 0.112. The Bertz CT molecular complexity index is 616. The topological polar surface area (TPSA) is 85.4 Å². The predicted octanol–water partition coefficient (Wildman–Crippen LogP) is 1.50. The van der Waals surface area contributed by atoms with Crippen molar-refractivity contribution in [2.45, 2.75) is 38.9 Å². The molecule has 1 saturated heterocycles. The monoisotopic (exact) mass is 332 g/mol. The molecule has 1 amide bonds. The molecule has 2 heterocycles. The first-order valence-electron chi connectivity index (χ1n) is 6.89. The van der Waals surface area contributed by atoms with Gasteiger partial charge in [-0.25, -0.2) is 18.1 Å². The molecular weight excluding hydrogens is 312 g/mol. The molecule has 0 aliphatic carbocycles. The van der Waals surface area contributed by atoms with Crippen LogP contribution in [0.1, 0.15) is 40.6 Å². The lowest BCUT2D eigenvalue weighted by Crippen LogP contribution is -2.38. The largest absolute Gasteiger partial charge is 0.380 e. The zero-order valence-corrected chi connectivity index (χ0v) is 14.0. The highest BCUT2D eigenvalue weighted by Gasteiger charge is 2.32. The zero-order valence-electron chi connectivity index (χ0n) is 12.4. The van der Waals surface area contributed by atoms with E-state index in [4.69, 9.17) is 4.74 Å². The van der Waals surface area contributed by atoms with Crippen LogP contribution < -0.4 is 4.72 Å². The lowest BCUT2D eigenvalue weighted by Gasteiger charge is -2.11. The van der Waals surface area contributed by atoms with Crippen LogP contribution in [0.3, 0.4) is 0 Å². The van der Waals surface area contributed by atoms with Gasteiger partial charge in [-0.05, 0) is 25.7 Å². The van der Waals surface area contributed by atoms with Crippen molar-refractivity contribution in [1.82, 2.24) is 9.71 Å². The van der Waals surface area contributed by atoms with E-state index >= 15 is 0 Å². The number of sulfonamides is 1. The third-order valence-electron chi connectivity index (χ3n) is 3.17. The molecule has 1 aliphatic heterocycles. The number of aromatic nitrogens is 1. The number of thiazole rings is 1. The van der Waals surface area contributed by atoms with Crippen LogP contribution in [0.4, 0.5) is 0 Å². The summed E-state index contributed by atoms with van der Waals surface area (Å²) in [6.07, 6.45) is 1.07. The Labute approximate surface area is 129 Å². The van der Waals surface area contributed by atoms with E-state index in [0.29, 0.717) is 35.9 Å². The van der Waals surface area contributed by atoms with Gasteiger partial charge in [0.2, 0.25) is 10.0 Å². The third kappa shape index (κ3) is 4.02. The smallest absolute Gasteiger partial charge is 0.276 e. The van der Waals surface area contributed by atoms with E-state index in [1.165, 1.54) is 11.3 Å². The number of nitrogens with one attached hydrogen (secondary N) is 1. The molecule has 1 N–H and O–H groups in total. The summed E-state index contributed by atoms with van der Waals surface area (Å²) in [4.78, 5) is 17.0. The molecule has 0 spiro atoms. The summed E-state index contributed by atoms with van der Waals surface area (Å²) < 4.78 is 31.5. The van der Waals surface area contributed by atoms with E-state index in [1.54, 1.807) is 0 Å². The van der Waals surface area contributed by atoms with Crippen LogP contribution in [0.15, 0.2) is 0 Å². The summed E-state index contributed by atoms with van der Waals surface area (Å²) in [5.41, 5.74) is 0.669. The molecule has 21 heavy (non-hydrogen) atoms. The molecule has 1 aromatic heterocycles. The van der Waals surface area contributed by atoms with E-state index in [9.17, 15) is 13.2 Å². The minimum absolute atomic E-state index is 0.142. The number of amides is 1. The molecule has 0 bridgehead atoms. The maximum Gasteiger partial charge on any atom is 0.276 e. The molecule has 6 nitrogen and oxygen atoms in total. The molecule has 118 valence electrons. The van der Waals surface area contributed by atoms with Gasteiger partial charge in [0.25, 0.3) is 5.91 Å². The van der Waals surface area contributed by atoms with E-state index in [2.05, 4.69) is 9.71 Å². The Hall–Kier alpha value is -0.990. The average Bonchev–Trinajstić information content (AvgIpc) is 2.97. The fourth-order valence-corrected chi connectivity index (χ4v) is 4.30. The molecule has 1 fully saturated rings. The zero-order chi connectivity index (χ0) is 15.6. The summed E-state index contributed by atoms with van der Waals surface area (Å²) in [6.45, 7) is 6.43. The van der Waals surface area contributed by atoms with Gasteiger partial charge in [-0.15, -0.1) is 11.3 Å². The van der Waals surface area contributed by atoms with Gasteiger partial charge in [0.1, 0.15) is 10.1 Å². The molecule has 0 saturated carbocycles. The molecule has 0 radical (unpaired) electrons. The Balaban J connectivity index is 2.16. The van der Waals surface area contributed by atoms with Crippen molar-refractivity contribution in [3.05, 3.63) is 15.6 Å². The number of nitrogens with zero attached hydrogens (tertiary/aromatic N) is 1. The van der Waals surface area contributed by atoms with E-state index in [-0.39, 0.29) is 6.61 Å². The second kappa shape index (κ2) is 6.41. The normalized spacial score (nSPS) is 19.1. The van der Waals surface area contributed by atoms with E-state index < -0.39 is 21.2 Å². The highest BCUT2D eigenvalue weighted by molar-refractivity contribution is 7.90. The molecule has 8 heteroatoms. The fourth-order valence-electron chi connectivity index (χ4n) is 2.19. The molecule has 0 aromatic carbocycles.